The van der Waals surface area contributed by atoms with Gasteiger partial charge in [0.05, 0.1) is 5.69 Å². The molecule has 4 rings (SSSR count). The third kappa shape index (κ3) is 5.40. The van der Waals surface area contributed by atoms with E-state index in [1.165, 1.54) is 21.6 Å². The van der Waals surface area contributed by atoms with Crippen molar-refractivity contribution < 1.29 is 4.74 Å². The van der Waals surface area contributed by atoms with Crippen LogP contribution in [0.2, 0.25) is 0 Å². The average Bonchev–Trinajstić information content (AvgIpc) is 3.24. The smallest absolute Gasteiger partial charge is 0.122 e. The molecule has 168 valence electrons. The van der Waals surface area contributed by atoms with Crippen LogP contribution in [0.15, 0.2) is 88.9 Å². The van der Waals surface area contributed by atoms with E-state index in [-0.39, 0.29) is 5.92 Å². The van der Waals surface area contributed by atoms with Crippen LogP contribution in [0.5, 0.6) is 5.75 Å². The quantitative estimate of drug-likeness (QED) is 0.289. The fourth-order valence-electron chi connectivity index (χ4n) is 4.16. The summed E-state index contributed by atoms with van der Waals surface area (Å²) >= 11 is 1.75. The maximum Gasteiger partial charge on any atom is 0.122 e. The lowest BCUT2D eigenvalue weighted by Gasteiger charge is -2.14. The number of aliphatic imine (C=N–C) groups is 1. The lowest BCUT2D eigenvalue weighted by molar-refractivity contribution is 0.304. The molecule has 0 spiro atoms. The Hall–Kier alpha value is -3.24. The lowest BCUT2D eigenvalue weighted by Crippen LogP contribution is -2.02. The number of aryl methyl sites for hydroxylation is 1. The summed E-state index contributed by atoms with van der Waals surface area (Å²) in [6.45, 7) is 4.71. The summed E-state index contributed by atoms with van der Waals surface area (Å²) in [5, 5.41) is 0. The van der Waals surface area contributed by atoms with Crippen LogP contribution >= 0.6 is 11.8 Å². The van der Waals surface area contributed by atoms with Gasteiger partial charge in [-0.1, -0.05) is 42.5 Å². The van der Waals surface area contributed by atoms with Gasteiger partial charge in [-0.2, -0.15) is 0 Å². The first kappa shape index (κ1) is 22.9. The molecular formula is C29H30N2OS. The van der Waals surface area contributed by atoms with E-state index < -0.39 is 0 Å². The van der Waals surface area contributed by atoms with Crippen molar-refractivity contribution in [3.8, 4) is 5.75 Å². The van der Waals surface area contributed by atoms with Crippen LogP contribution in [0.1, 0.15) is 40.7 Å². The van der Waals surface area contributed by atoms with Crippen LogP contribution in [0.25, 0.3) is 5.57 Å². The molecule has 1 aliphatic heterocycles. The van der Waals surface area contributed by atoms with Crippen molar-refractivity contribution >= 4 is 29.2 Å². The number of nitrogens with zero attached hydrogens (tertiary/aromatic N) is 1. The van der Waals surface area contributed by atoms with Crippen molar-refractivity contribution in [2.75, 3.05) is 6.26 Å². The van der Waals surface area contributed by atoms with Crippen molar-refractivity contribution in [1.82, 2.24) is 0 Å². The van der Waals surface area contributed by atoms with Gasteiger partial charge in [-0.05, 0) is 96.5 Å². The Morgan fingerprint density at radius 2 is 1.85 bits per heavy atom. The van der Waals surface area contributed by atoms with Crippen molar-refractivity contribution in [2.24, 2.45) is 10.7 Å². The van der Waals surface area contributed by atoms with Crippen molar-refractivity contribution in [2.45, 2.75) is 37.7 Å². The maximum absolute atomic E-state index is 6.09. The number of hydrogen-bond donors (Lipinski definition) is 1. The molecule has 3 aromatic carbocycles. The van der Waals surface area contributed by atoms with E-state index >= 15 is 0 Å². The first-order chi connectivity index (χ1) is 16.1. The molecule has 1 atom stereocenters. The molecule has 3 aromatic rings. The molecule has 0 bridgehead atoms. The minimum atomic E-state index is 0.286. The second-order valence-corrected chi connectivity index (χ2v) is 9.08. The van der Waals surface area contributed by atoms with Gasteiger partial charge >= 0.3 is 0 Å². The van der Waals surface area contributed by atoms with E-state index in [1.54, 1.807) is 18.0 Å². The van der Waals surface area contributed by atoms with Gasteiger partial charge in [-0.3, -0.25) is 4.99 Å². The first-order valence-corrected chi connectivity index (χ1v) is 12.4. The summed E-state index contributed by atoms with van der Waals surface area (Å²) in [6.07, 6.45) is 10.6. The molecule has 0 saturated carbocycles. The van der Waals surface area contributed by atoms with E-state index in [2.05, 4.69) is 86.1 Å². The number of ether oxygens (including phenoxy) is 1. The van der Waals surface area contributed by atoms with Gasteiger partial charge in [0.1, 0.15) is 12.4 Å². The second kappa shape index (κ2) is 10.6. The molecule has 2 N–H and O–H groups in total. The Morgan fingerprint density at radius 3 is 2.55 bits per heavy atom. The van der Waals surface area contributed by atoms with E-state index in [0.717, 1.165) is 34.6 Å². The molecule has 0 saturated heterocycles. The minimum absolute atomic E-state index is 0.286. The van der Waals surface area contributed by atoms with E-state index in [0.29, 0.717) is 6.61 Å². The van der Waals surface area contributed by atoms with Crippen LogP contribution in [0, 0.1) is 6.92 Å². The van der Waals surface area contributed by atoms with Gasteiger partial charge in [0, 0.05) is 17.0 Å². The van der Waals surface area contributed by atoms with Crippen molar-refractivity contribution in [3.05, 3.63) is 107 Å². The minimum Gasteiger partial charge on any atom is -0.489 e. The summed E-state index contributed by atoms with van der Waals surface area (Å²) in [5.41, 5.74) is 13.8. The second-order valence-electron chi connectivity index (χ2n) is 8.20. The Morgan fingerprint density at radius 1 is 1.06 bits per heavy atom. The lowest BCUT2D eigenvalue weighted by atomic mass is 9.91. The van der Waals surface area contributed by atoms with E-state index in [9.17, 15) is 0 Å². The summed E-state index contributed by atoms with van der Waals surface area (Å²) in [6, 6.07) is 21.5. The monoisotopic (exact) mass is 454 g/mol. The molecule has 4 heteroatoms. The van der Waals surface area contributed by atoms with Crippen LogP contribution in [0.3, 0.4) is 0 Å². The standard InChI is InChI=1S/C29H30N2OS/c1-4-23(13-14-30)24-8-11-27-25(18-31-28(27)17-24)16-22-7-12-29(20(2)15-22)32-19-21-5-9-26(33-3)10-6-21/h4-15,17-18,25H,16,19,30H2,1-3H3/b14-13-,23-4+. The third-order valence-corrected chi connectivity index (χ3v) is 6.74. The molecule has 33 heavy (non-hydrogen) atoms. The molecule has 3 nitrogen and oxygen atoms in total. The van der Waals surface area contributed by atoms with Crippen molar-refractivity contribution in [1.29, 1.82) is 0 Å². The number of rotatable bonds is 8. The SMILES string of the molecule is C/C=C(\C=C/N)c1ccc2c(c1)N=CC2Cc1ccc(OCc2ccc(SC)cc2)c(C)c1. The molecule has 1 unspecified atom stereocenters. The number of fused-ring (bicyclic) bond motifs is 1. The summed E-state index contributed by atoms with van der Waals surface area (Å²) in [4.78, 5) is 5.96. The van der Waals surface area contributed by atoms with E-state index in [4.69, 9.17) is 15.5 Å². The van der Waals surface area contributed by atoms with Crippen molar-refractivity contribution in [3.63, 3.8) is 0 Å². The van der Waals surface area contributed by atoms with Gasteiger partial charge in [0.2, 0.25) is 0 Å². The van der Waals surface area contributed by atoms with Crippen LogP contribution in [-0.4, -0.2) is 12.5 Å². The Kier molecular flexibility index (Phi) is 7.36. The van der Waals surface area contributed by atoms with Gasteiger partial charge in [-0.15, -0.1) is 11.8 Å². The summed E-state index contributed by atoms with van der Waals surface area (Å²) in [7, 11) is 0. The predicted molar refractivity (Wildman–Crippen MR) is 142 cm³/mol. The Balaban J connectivity index is 1.42. The molecule has 0 amide bonds. The number of nitrogens with two attached hydrogens (primary N) is 1. The van der Waals surface area contributed by atoms with Crippen LogP contribution < -0.4 is 10.5 Å². The maximum atomic E-state index is 6.09. The number of benzene rings is 3. The molecular weight excluding hydrogens is 424 g/mol. The van der Waals surface area contributed by atoms with Gasteiger partial charge in [0.15, 0.2) is 0 Å². The highest BCUT2D eigenvalue weighted by Gasteiger charge is 2.20. The van der Waals surface area contributed by atoms with Gasteiger partial charge < -0.3 is 10.5 Å². The largest absolute Gasteiger partial charge is 0.489 e. The fourth-order valence-corrected chi connectivity index (χ4v) is 4.57. The Bertz CT molecular complexity index is 1210. The van der Waals surface area contributed by atoms with Crippen LogP contribution in [-0.2, 0) is 13.0 Å². The first-order valence-electron chi connectivity index (χ1n) is 11.2. The summed E-state index contributed by atoms with van der Waals surface area (Å²) < 4.78 is 6.09. The molecule has 0 aromatic heterocycles. The predicted octanol–water partition coefficient (Wildman–Crippen LogP) is 7.21. The molecule has 1 aliphatic rings. The highest BCUT2D eigenvalue weighted by Crippen LogP contribution is 2.37. The highest BCUT2D eigenvalue weighted by atomic mass is 32.2. The average molecular weight is 455 g/mol. The topological polar surface area (TPSA) is 47.6 Å². The normalized spacial score (nSPS) is 15.2. The zero-order valence-electron chi connectivity index (χ0n) is 19.4. The number of thioether (sulfide) groups is 1. The summed E-state index contributed by atoms with van der Waals surface area (Å²) in [5.74, 6) is 1.22. The zero-order valence-corrected chi connectivity index (χ0v) is 20.2. The highest BCUT2D eigenvalue weighted by molar-refractivity contribution is 7.98. The molecule has 0 fully saturated rings. The number of hydrogen-bond acceptors (Lipinski definition) is 4. The fraction of sp³-hybridized carbons (Fsp3) is 0.207. The molecule has 1 heterocycles. The van der Waals surface area contributed by atoms with E-state index in [1.807, 2.05) is 13.0 Å². The zero-order chi connectivity index (χ0) is 23.2. The third-order valence-electron chi connectivity index (χ3n) is 5.99. The Labute approximate surface area is 201 Å². The molecule has 0 aliphatic carbocycles. The van der Waals surface area contributed by atoms with Gasteiger partial charge in [0.25, 0.3) is 0 Å². The van der Waals surface area contributed by atoms with Crippen LogP contribution in [0.4, 0.5) is 5.69 Å². The number of allylic oxidation sites excluding steroid dienone is 3. The van der Waals surface area contributed by atoms with Gasteiger partial charge in [-0.25, -0.2) is 0 Å². The molecule has 0 radical (unpaired) electrons.